The van der Waals surface area contributed by atoms with E-state index >= 15 is 0 Å². The van der Waals surface area contributed by atoms with Crippen LogP contribution < -0.4 is 0 Å². The predicted octanol–water partition coefficient (Wildman–Crippen LogP) is 6.09. The van der Waals surface area contributed by atoms with Crippen molar-refractivity contribution in [1.29, 1.82) is 0 Å². The molecule has 0 radical (unpaired) electrons. The summed E-state index contributed by atoms with van der Waals surface area (Å²) in [5.74, 6) is -1.89. The van der Waals surface area contributed by atoms with Crippen molar-refractivity contribution in [3.8, 4) is 0 Å². The number of hydrogen-bond donors (Lipinski definition) is 0. The Labute approximate surface area is 206 Å². The lowest BCUT2D eigenvalue weighted by Gasteiger charge is -2.36. The second-order valence-electron chi connectivity index (χ2n) is 8.24. The minimum absolute atomic E-state index is 0.0362. The summed E-state index contributed by atoms with van der Waals surface area (Å²) in [6, 6.07) is 5.86. The summed E-state index contributed by atoms with van der Waals surface area (Å²) in [6.07, 6.45) is -0.521. The molecule has 4 rings (SSSR count). The van der Waals surface area contributed by atoms with E-state index in [-0.39, 0.29) is 24.9 Å². The molecular weight excluding hydrogens is 597 g/mol. The lowest BCUT2D eigenvalue weighted by molar-refractivity contribution is -0.107. The summed E-state index contributed by atoms with van der Waals surface area (Å²) < 4.78 is 65.4. The van der Waals surface area contributed by atoms with E-state index in [9.17, 15) is 21.6 Å². The van der Waals surface area contributed by atoms with Crippen LogP contribution in [0.1, 0.15) is 41.1 Å². The van der Waals surface area contributed by atoms with Gasteiger partial charge in [0.05, 0.1) is 5.69 Å². The number of aromatic nitrogens is 1. The standard InChI is InChI=1S/C21H20Br2ClF3N2O2S/c22-15-7-14-2-1-13-8-16(24)9-17(23)18(13)19(20(14)28-10-15)12-3-5-29(6-4-12)32(30,31)11-21(25,26)27/h7-10,12,19H,1-6,11H2. The quantitative estimate of drug-likeness (QED) is 0.419. The van der Waals surface area contributed by atoms with Crippen LogP contribution >= 0.6 is 43.5 Å². The number of benzene rings is 1. The van der Waals surface area contributed by atoms with Gasteiger partial charge in [-0.2, -0.15) is 13.2 Å². The van der Waals surface area contributed by atoms with E-state index < -0.39 is 22.0 Å². The average Bonchev–Trinajstić information content (AvgIpc) is 2.83. The van der Waals surface area contributed by atoms with Crippen molar-refractivity contribution < 1.29 is 21.6 Å². The summed E-state index contributed by atoms with van der Waals surface area (Å²) in [4.78, 5) is 4.73. The van der Waals surface area contributed by atoms with Crippen molar-refractivity contribution in [3.63, 3.8) is 0 Å². The first-order valence-corrected chi connectivity index (χ1v) is 13.7. The third kappa shape index (κ3) is 5.19. The number of fused-ring (bicyclic) bond motifs is 2. The van der Waals surface area contributed by atoms with E-state index in [1.54, 1.807) is 6.20 Å². The fourth-order valence-electron chi connectivity index (χ4n) is 4.82. The maximum Gasteiger partial charge on any atom is 0.404 e. The Kier molecular flexibility index (Phi) is 7.00. The van der Waals surface area contributed by atoms with Crippen molar-refractivity contribution in [3.05, 3.63) is 60.7 Å². The predicted molar refractivity (Wildman–Crippen MR) is 124 cm³/mol. The Hall–Kier alpha value is -0.680. The second kappa shape index (κ2) is 9.17. The zero-order chi connectivity index (χ0) is 23.3. The van der Waals surface area contributed by atoms with E-state index in [4.69, 9.17) is 16.6 Å². The molecule has 0 amide bonds. The van der Waals surface area contributed by atoms with Crippen molar-refractivity contribution in [2.75, 3.05) is 18.8 Å². The van der Waals surface area contributed by atoms with Crippen LogP contribution in [0.2, 0.25) is 5.02 Å². The first-order valence-electron chi connectivity index (χ1n) is 10.1. The van der Waals surface area contributed by atoms with Crippen molar-refractivity contribution in [2.45, 2.75) is 37.8 Å². The molecule has 0 N–H and O–H groups in total. The van der Waals surface area contributed by atoms with Gasteiger partial charge in [0.1, 0.15) is 0 Å². The number of sulfonamides is 1. The van der Waals surface area contributed by atoms with E-state index in [1.807, 2.05) is 12.1 Å². The van der Waals surface area contributed by atoms with Crippen LogP contribution in [0.15, 0.2) is 33.3 Å². The number of nitrogens with zero attached hydrogens (tertiary/aromatic N) is 2. The molecule has 2 heterocycles. The molecule has 0 bridgehead atoms. The van der Waals surface area contributed by atoms with Gasteiger partial charge >= 0.3 is 6.18 Å². The molecule has 4 nitrogen and oxygen atoms in total. The minimum atomic E-state index is -4.75. The lowest BCUT2D eigenvalue weighted by Crippen LogP contribution is -2.43. The molecule has 1 fully saturated rings. The fraction of sp³-hybridized carbons (Fsp3) is 0.476. The van der Waals surface area contributed by atoms with Crippen LogP contribution in [0.4, 0.5) is 13.2 Å². The van der Waals surface area contributed by atoms with Gasteiger partial charge in [0, 0.05) is 39.2 Å². The third-order valence-electron chi connectivity index (χ3n) is 6.13. The molecule has 32 heavy (non-hydrogen) atoms. The topological polar surface area (TPSA) is 50.3 Å². The highest BCUT2D eigenvalue weighted by Gasteiger charge is 2.41. The number of aryl methyl sites for hydroxylation is 2. The smallest absolute Gasteiger partial charge is 0.259 e. The van der Waals surface area contributed by atoms with E-state index in [2.05, 4.69) is 37.9 Å². The zero-order valence-corrected chi connectivity index (χ0v) is 21.5. The molecule has 2 aliphatic rings. The molecular formula is C21H20Br2ClF3N2O2S. The van der Waals surface area contributed by atoms with E-state index in [0.717, 1.165) is 48.5 Å². The molecule has 1 aromatic heterocycles. The Morgan fingerprint density at radius 3 is 2.41 bits per heavy atom. The van der Waals surface area contributed by atoms with Crippen LogP contribution in [-0.4, -0.2) is 42.7 Å². The summed E-state index contributed by atoms with van der Waals surface area (Å²) in [5, 5.41) is 0.627. The van der Waals surface area contributed by atoms with Crippen LogP contribution in [-0.2, 0) is 22.9 Å². The molecule has 2 aromatic rings. The number of piperidine rings is 1. The van der Waals surface area contributed by atoms with Crippen LogP contribution in [0.5, 0.6) is 0 Å². The highest BCUT2D eigenvalue weighted by Crippen LogP contribution is 2.46. The molecule has 1 unspecified atom stereocenters. The maximum atomic E-state index is 12.7. The SMILES string of the molecule is O=S(=O)(CC(F)(F)F)N1CCC(C2c3ncc(Br)cc3CCc3cc(Cl)cc(Br)c32)CC1. The normalized spacial score (nSPS) is 20.5. The Bertz CT molecular complexity index is 1140. The number of hydrogen-bond acceptors (Lipinski definition) is 3. The molecule has 1 aromatic carbocycles. The van der Waals surface area contributed by atoms with Crippen LogP contribution in [0.3, 0.4) is 0 Å². The van der Waals surface area contributed by atoms with Crippen molar-refractivity contribution in [2.24, 2.45) is 5.92 Å². The third-order valence-corrected chi connectivity index (χ3v) is 9.28. The van der Waals surface area contributed by atoms with Crippen molar-refractivity contribution >= 4 is 53.5 Å². The number of rotatable bonds is 3. The lowest BCUT2D eigenvalue weighted by atomic mass is 9.77. The van der Waals surface area contributed by atoms with Gasteiger partial charge in [0.2, 0.25) is 10.0 Å². The van der Waals surface area contributed by atoms with Gasteiger partial charge in [-0.1, -0.05) is 27.5 Å². The minimum Gasteiger partial charge on any atom is -0.259 e. The fourth-order valence-corrected chi connectivity index (χ4v) is 7.68. The van der Waals surface area contributed by atoms with Gasteiger partial charge in [0.15, 0.2) is 5.75 Å². The second-order valence-corrected chi connectivity index (χ2v) is 12.4. The monoisotopic (exact) mass is 614 g/mol. The van der Waals surface area contributed by atoms with Crippen molar-refractivity contribution in [1.82, 2.24) is 9.29 Å². The van der Waals surface area contributed by atoms with Gasteiger partial charge < -0.3 is 0 Å². The summed E-state index contributed by atoms with van der Waals surface area (Å²) >= 11 is 13.5. The zero-order valence-electron chi connectivity index (χ0n) is 16.8. The van der Waals surface area contributed by atoms with Crippen LogP contribution in [0, 0.1) is 5.92 Å². The maximum absolute atomic E-state index is 12.7. The van der Waals surface area contributed by atoms with Gasteiger partial charge in [-0.3, -0.25) is 4.98 Å². The molecule has 174 valence electrons. The molecule has 0 spiro atoms. The highest BCUT2D eigenvalue weighted by atomic mass is 79.9. The van der Waals surface area contributed by atoms with Gasteiger partial charge in [0.25, 0.3) is 0 Å². The number of alkyl halides is 3. The average molecular weight is 617 g/mol. The summed E-state index contributed by atoms with van der Waals surface area (Å²) in [7, 11) is -4.38. The Balaban J connectivity index is 1.68. The largest absolute Gasteiger partial charge is 0.404 e. The molecule has 1 saturated heterocycles. The molecule has 1 aliphatic carbocycles. The van der Waals surface area contributed by atoms with E-state index in [0.29, 0.717) is 17.9 Å². The van der Waals surface area contributed by atoms with Gasteiger partial charge in [-0.05, 0) is 82.4 Å². The van der Waals surface area contributed by atoms with E-state index in [1.165, 1.54) is 0 Å². The highest BCUT2D eigenvalue weighted by molar-refractivity contribution is 9.10. The number of pyridine rings is 1. The molecule has 1 aliphatic heterocycles. The Morgan fingerprint density at radius 1 is 1.09 bits per heavy atom. The number of halogens is 6. The summed E-state index contributed by atoms with van der Waals surface area (Å²) in [6.45, 7) is 0.123. The molecule has 1 atom stereocenters. The first-order chi connectivity index (χ1) is 14.9. The van der Waals surface area contributed by atoms with Gasteiger partial charge in [-0.25, -0.2) is 12.7 Å². The first kappa shape index (κ1) is 24.4. The summed E-state index contributed by atoms with van der Waals surface area (Å²) in [5.41, 5.74) is 4.23. The Morgan fingerprint density at radius 2 is 1.75 bits per heavy atom. The van der Waals surface area contributed by atoms with Crippen LogP contribution in [0.25, 0.3) is 0 Å². The molecule has 11 heteroatoms. The van der Waals surface area contributed by atoms with Gasteiger partial charge in [-0.15, -0.1) is 0 Å². The molecule has 0 saturated carbocycles.